The van der Waals surface area contributed by atoms with Gasteiger partial charge in [0.05, 0.1) is 6.61 Å². The molecule has 98 valence electrons. The topological polar surface area (TPSA) is 47.0 Å². The predicted molar refractivity (Wildman–Crippen MR) is 72.5 cm³/mol. The van der Waals surface area contributed by atoms with Crippen molar-refractivity contribution in [1.29, 1.82) is 0 Å². The standard InChI is InChI=1S/C12H23N3OS/c1-3-5-6-7-9-16-10-11-12(13-8-4-2)17-15-14-11/h13H,3-10H2,1-2H3. The quantitative estimate of drug-likeness (QED) is 0.652. The summed E-state index contributed by atoms with van der Waals surface area (Å²) in [7, 11) is 0. The third-order valence-corrected chi connectivity index (χ3v) is 3.20. The minimum absolute atomic E-state index is 0.578. The lowest BCUT2D eigenvalue weighted by Crippen LogP contribution is -2.03. The molecular weight excluding hydrogens is 234 g/mol. The lowest BCUT2D eigenvalue weighted by atomic mass is 10.2. The molecule has 0 aliphatic heterocycles. The van der Waals surface area contributed by atoms with Crippen molar-refractivity contribution in [2.24, 2.45) is 0 Å². The Kier molecular flexibility index (Phi) is 7.92. The van der Waals surface area contributed by atoms with Crippen LogP contribution < -0.4 is 5.32 Å². The van der Waals surface area contributed by atoms with Crippen molar-refractivity contribution in [2.45, 2.75) is 52.6 Å². The average Bonchev–Trinajstić information content (AvgIpc) is 2.78. The SMILES string of the molecule is CCCCCCOCc1nnsc1NCCC. The minimum Gasteiger partial charge on any atom is -0.375 e. The normalized spacial score (nSPS) is 10.7. The number of hydrogen-bond acceptors (Lipinski definition) is 5. The van der Waals surface area contributed by atoms with Crippen LogP contribution in [0.5, 0.6) is 0 Å². The number of nitrogens with one attached hydrogen (secondary N) is 1. The zero-order chi connectivity index (χ0) is 12.3. The molecule has 0 aliphatic carbocycles. The first-order chi connectivity index (χ1) is 8.38. The van der Waals surface area contributed by atoms with Gasteiger partial charge in [0.25, 0.3) is 0 Å². The van der Waals surface area contributed by atoms with E-state index >= 15 is 0 Å². The van der Waals surface area contributed by atoms with E-state index in [0.717, 1.165) is 36.7 Å². The number of rotatable bonds is 10. The van der Waals surface area contributed by atoms with E-state index in [1.807, 2.05) is 0 Å². The second-order valence-corrected chi connectivity index (χ2v) is 4.84. The summed E-state index contributed by atoms with van der Waals surface area (Å²) < 4.78 is 9.56. The molecule has 5 heteroatoms. The Morgan fingerprint density at radius 3 is 2.82 bits per heavy atom. The van der Waals surface area contributed by atoms with Crippen molar-refractivity contribution in [2.75, 3.05) is 18.5 Å². The maximum absolute atomic E-state index is 5.61. The van der Waals surface area contributed by atoms with Crippen LogP contribution in [-0.2, 0) is 11.3 Å². The fourth-order valence-electron chi connectivity index (χ4n) is 1.48. The molecule has 0 saturated heterocycles. The van der Waals surface area contributed by atoms with Crippen LogP contribution in [0.3, 0.4) is 0 Å². The van der Waals surface area contributed by atoms with Crippen LogP contribution in [-0.4, -0.2) is 22.7 Å². The Bertz CT molecular complexity index is 291. The molecule has 0 fully saturated rings. The van der Waals surface area contributed by atoms with E-state index in [4.69, 9.17) is 4.74 Å². The number of hydrogen-bond donors (Lipinski definition) is 1. The molecule has 1 aromatic heterocycles. The van der Waals surface area contributed by atoms with Crippen LogP contribution in [0.4, 0.5) is 5.00 Å². The highest BCUT2D eigenvalue weighted by Crippen LogP contribution is 2.18. The molecule has 4 nitrogen and oxygen atoms in total. The zero-order valence-electron chi connectivity index (χ0n) is 10.9. The Hall–Kier alpha value is -0.680. The molecule has 1 aromatic rings. The van der Waals surface area contributed by atoms with E-state index in [2.05, 4.69) is 28.8 Å². The molecule has 0 amide bonds. The third-order valence-electron chi connectivity index (χ3n) is 2.47. The van der Waals surface area contributed by atoms with E-state index in [1.54, 1.807) is 0 Å². The van der Waals surface area contributed by atoms with Crippen LogP contribution in [0.25, 0.3) is 0 Å². The van der Waals surface area contributed by atoms with Gasteiger partial charge in [-0.15, -0.1) is 5.10 Å². The lowest BCUT2D eigenvalue weighted by molar-refractivity contribution is 0.114. The Morgan fingerprint density at radius 1 is 1.18 bits per heavy atom. The minimum atomic E-state index is 0.578. The summed E-state index contributed by atoms with van der Waals surface area (Å²) in [6, 6.07) is 0. The molecule has 0 spiro atoms. The first-order valence-corrected chi connectivity index (χ1v) is 7.28. The van der Waals surface area contributed by atoms with Crippen LogP contribution in [0.2, 0.25) is 0 Å². The van der Waals surface area contributed by atoms with Crippen molar-refractivity contribution in [3.63, 3.8) is 0 Å². The van der Waals surface area contributed by atoms with Crippen LogP contribution in [0, 0.1) is 0 Å². The van der Waals surface area contributed by atoms with Gasteiger partial charge < -0.3 is 10.1 Å². The van der Waals surface area contributed by atoms with Crippen LogP contribution in [0.15, 0.2) is 0 Å². The molecule has 1 N–H and O–H groups in total. The zero-order valence-corrected chi connectivity index (χ0v) is 11.7. The van der Waals surface area contributed by atoms with Crippen molar-refractivity contribution in [1.82, 2.24) is 9.59 Å². The Morgan fingerprint density at radius 2 is 2.06 bits per heavy atom. The van der Waals surface area contributed by atoms with E-state index in [9.17, 15) is 0 Å². The monoisotopic (exact) mass is 257 g/mol. The molecule has 0 unspecified atom stereocenters. The van der Waals surface area contributed by atoms with E-state index in [0.29, 0.717) is 6.61 Å². The summed E-state index contributed by atoms with van der Waals surface area (Å²) in [6.07, 6.45) is 6.07. The van der Waals surface area contributed by atoms with E-state index in [1.165, 1.54) is 30.8 Å². The smallest absolute Gasteiger partial charge is 0.135 e. The summed E-state index contributed by atoms with van der Waals surface area (Å²) in [6.45, 7) is 6.73. The Labute approximate surface area is 108 Å². The molecule has 0 aromatic carbocycles. The van der Waals surface area contributed by atoms with Gasteiger partial charge in [-0.3, -0.25) is 0 Å². The average molecular weight is 257 g/mol. The highest BCUT2D eigenvalue weighted by molar-refractivity contribution is 7.10. The van der Waals surface area contributed by atoms with Gasteiger partial charge in [-0.25, -0.2) is 0 Å². The highest BCUT2D eigenvalue weighted by atomic mass is 32.1. The summed E-state index contributed by atoms with van der Waals surface area (Å²) in [5, 5.41) is 8.46. The number of unbranched alkanes of at least 4 members (excludes halogenated alkanes) is 3. The molecule has 0 bridgehead atoms. The van der Waals surface area contributed by atoms with Gasteiger partial charge >= 0.3 is 0 Å². The van der Waals surface area contributed by atoms with Crippen LogP contribution in [0.1, 0.15) is 51.6 Å². The number of aromatic nitrogens is 2. The molecule has 0 radical (unpaired) electrons. The van der Waals surface area contributed by atoms with Gasteiger partial charge in [0.15, 0.2) is 0 Å². The molecular formula is C12H23N3OS. The molecule has 1 rings (SSSR count). The summed E-state index contributed by atoms with van der Waals surface area (Å²) in [5.74, 6) is 0. The summed E-state index contributed by atoms with van der Waals surface area (Å²) >= 11 is 1.41. The molecule has 17 heavy (non-hydrogen) atoms. The van der Waals surface area contributed by atoms with Crippen molar-refractivity contribution < 1.29 is 4.74 Å². The largest absolute Gasteiger partial charge is 0.375 e. The maximum atomic E-state index is 5.61. The number of anilines is 1. The van der Waals surface area contributed by atoms with Gasteiger partial charge in [-0.1, -0.05) is 37.6 Å². The second kappa shape index (κ2) is 9.36. The van der Waals surface area contributed by atoms with Crippen molar-refractivity contribution in [3.8, 4) is 0 Å². The fourth-order valence-corrected chi connectivity index (χ4v) is 2.07. The van der Waals surface area contributed by atoms with Gasteiger partial charge in [-0.2, -0.15) is 0 Å². The van der Waals surface area contributed by atoms with E-state index in [-0.39, 0.29) is 0 Å². The van der Waals surface area contributed by atoms with Crippen LogP contribution >= 0.6 is 11.5 Å². The second-order valence-electron chi connectivity index (χ2n) is 4.09. The van der Waals surface area contributed by atoms with Gasteiger partial charge in [0, 0.05) is 24.7 Å². The number of ether oxygens (including phenoxy) is 1. The predicted octanol–water partition coefficient (Wildman–Crippen LogP) is 3.46. The highest BCUT2D eigenvalue weighted by Gasteiger charge is 2.06. The summed E-state index contributed by atoms with van der Waals surface area (Å²) in [5.41, 5.74) is 0.943. The van der Waals surface area contributed by atoms with Crippen molar-refractivity contribution >= 4 is 16.5 Å². The molecule has 0 aliphatic rings. The maximum Gasteiger partial charge on any atom is 0.135 e. The lowest BCUT2D eigenvalue weighted by Gasteiger charge is -2.04. The van der Waals surface area contributed by atoms with Gasteiger partial charge in [0.1, 0.15) is 10.7 Å². The molecule has 0 saturated carbocycles. The first kappa shape index (κ1) is 14.4. The fraction of sp³-hybridized carbons (Fsp3) is 0.833. The number of nitrogens with zero attached hydrogens (tertiary/aromatic N) is 2. The third kappa shape index (κ3) is 5.98. The molecule has 1 heterocycles. The Balaban J connectivity index is 2.15. The first-order valence-electron chi connectivity index (χ1n) is 6.51. The summed E-state index contributed by atoms with van der Waals surface area (Å²) in [4.78, 5) is 0. The van der Waals surface area contributed by atoms with E-state index < -0.39 is 0 Å². The van der Waals surface area contributed by atoms with Gasteiger partial charge in [-0.05, 0) is 12.8 Å². The molecule has 0 atom stereocenters. The van der Waals surface area contributed by atoms with Crippen molar-refractivity contribution in [3.05, 3.63) is 5.69 Å². The van der Waals surface area contributed by atoms with Gasteiger partial charge in [0.2, 0.25) is 0 Å².